The molecule has 2 aromatic rings. The van der Waals surface area contributed by atoms with E-state index >= 15 is 0 Å². The number of benzene rings is 2. The number of piperazine rings is 1. The summed E-state index contributed by atoms with van der Waals surface area (Å²) in [5.74, 6) is 0.540. The molecule has 1 atom stereocenters. The molecule has 1 aliphatic heterocycles. The molecule has 28 heavy (non-hydrogen) atoms. The van der Waals surface area contributed by atoms with Gasteiger partial charge in [0.15, 0.2) is 6.10 Å². The van der Waals surface area contributed by atoms with Crippen molar-refractivity contribution in [2.24, 2.45) is 5.73 Å². The van der Waals surface area contributed by atoms with Crippen molar-refractivity contribution in [3.63, 3.8) is 0 Å². The van der Waals surface area contributed by atoms with Crippen molar-refractivity contribution < 1.29 is 40.4 Å². The topological polar surface area (TPSA) is 99.1 Å². The van der Waals surface area contributed by atoms with Crippen molar-refractivity contribution in [1.82, 2.24) is 0 Å². The van der Waals surface area contributed by atoms with E-state index in [1.165, 1.54) is 12.8 Å². The maximum absolute atomic E-state index is 10.6. The third-order valence-corrected chi connectivity index (χ3v) is 4.09. The molecule has 1 unspecified atom stereocenters. The molecule has 1 saturated heterocycles. The molecule has 152 valence electrons. The molecule has 1 amide bonds. The van der Waals surface area contributed by atoms with E-state index in [0.717, 1.165) is 26.2 Å². The molecule has 1 fully saturated rings. The zero-order chi connectivity index (χ0) is 19.5. The number of carbonyl (C=O) groups is 1. The van der Waals surface area contributed by atoms with Gasteiger partial charge in [-0.1, -0.05) is 36.4 Å². The van der Waals surface area contributed by atoms with E-state index in [1.807, 2.05) is 0 Å². The molecule has 7 nitrogen and oxygen atoms in total. The number of primary amides is 1. The maximum Gasteiger partial charge on any atom is 0.405 e. The van der Waals surface area contributed by atoms with Crippen molar-refractivity contribution >= 4 is 11.8 Å². The van der Waals surface area contributed by atoms with Gasteiger partial charge in [0.1, 0.15) is 5.75 Å². The maximum atomic E-state index is 10.6. The number of carbonyl (C=O) groups excluding carboxylic acids is 1. The summed E-state index contributed by atoms with van der Waals surface area (Å²) >= 11 is 0. The summed E-state index contributed by atoms with van der Waals surface area (Å²) in [6.45, 7) is 3.77. The number of nitrogens with zero attached hydrogens (tertiary/aromatic N) is 2. The monoisotopic (exact) mass is 556 g/mol. The zero-order valence-corrected chi connectivity index (χ0v) is 18.8. The molecule has 0 spiro atoms. The predicted molar refractivity (Wildman–Crippen MR) is 105 cm³/mol. The number of anilines is 1. The number of rotatable bonds is 5. The molecule has 3 N–H and O–H groups in total. The number of para-hydroxylation sites is 2. The van der Waals surface area contributed by atoms with Crippen LogP contribution in [0.5, 0.6) is 5.75 Å². The second-order valence-corrected chi connectivity index (χ2v) is 5.84. The van der Waals surface area contributed by atoms with Gasteiger partial charge in [0.25, 0.3) is 0 Å². The Morgan fingerprint density at radius 3 is 2.32 bits per heavy atom. The Kier molecular flexibility index (Phi) is 11.3. The van der Waals surface area contributed by atoms with E-state index in [-0.39, 0.29) is 27.7 Å². The molecule has 2 aromatic carbocycles. The first kappa shape index (κ1) is 24.0. The van der Waals surface area contributed by atoms with Crippen LogP contribution >= 0.6 is 0 Å². The molecular weight excluding hydrogens is 530 g/mol. The number of methoxy groups -OCH3 is 1. The van der Waals surface area contributed by atoms with E-state index in [2.05, 4.69) is 40.5 Å². The first-order valence-electron chi connectivity index (χ1n) is 8.78. The molecule has 0 bridgehead atoms. The number of hydrogen-bond donors (Lipinski definition) is 2. The number of nitrogens with two attached hydrogens (primary N) is 1. The Morgan fingerprint density at radius 2 is 1.75 bits per heavy atom. The summed E-state index contributed by atoms with van der Waals surface area (Å²) in [6, 6.07) is 17.5. The van der Waals surface area contributed by atoms with Crippen LogP contribution in [-0.4, -0.2) is 51.1 Å². The van der Waals surface area contributed by atoms with Crippen LogP contribution in [0.4, 0.5) is 10.5 Å². The van der Waals surface area contributed by atoms with E-state index in [1.54, 1.807) is 24.3 Å². The van der Waals surface area contributed by atoms with E-state index in [9.17, 15) is 4.79 Å². The van der Waals surface area contributed by atoms with Gasteiger partial charge in [0.2, 0.25) is 0 Å². The molecule has 1 aliphatic rings. The Bertz CT molecular complexity index is 697. The average molecular weight is 556 g/mol. The van der Waals surface area contributed by atoms with E-state index in [0.29, 0.717) is 11.3 Å². The summed E-state index contributed by atoms with van der Waals surface area (Å²) in [4.78, 5) is 13.0. The van der Waals surface area contributed by atoms with Crippen LogP contribution in [-0.2, 0) is 25.8 Å². The number of aliphatic hydroxyl groups excluding tert-OH is 1. The molecule has 0 aliphatic carbocycles. The second kappa shape index (κ2) is 13.2. The van der Waals surface area contributed by atoms with Crippen LogP contribution in [0.2, 0.25) is 0 Å². The van der Waals surface area contributed by atoms with Gasteiger partial charge in [0, 0.05) is 32.3 Å². The number of hydrogen-bond acceptors (Lipinski definition) is 5. The SMILES string of the molecule is COc1ccccc1C(CO)OC(N)=O.[W].c1ccc(N2CC[N-]CC2)cc1. The number of ether oxygens (including phenoxy) is 2. The smallest absolute Gasteiger partial charge is 0.405 e. The molecule has 3 rings (SSSR count). The van der Waals surface area contributed by atoms with Crippen LogP contribution in [0.3, 0.4) is 0 Å². The number of aliphatic hydroxyl groups is 1. The van der Waals surface area contributed by atoms with Crippen molar-refractivity contribution in [1.29, 1.82) is 0 Å². The fraction of sp³-hybridized carbons (Fsp3) is 0.350. The third-order valence-electron chi connectivity index (χ3n) is 4.09. The minimum absolute atomic E-state index is 0. The van der Waals surface area contributed by atoms with E-state index in [4.69, 9.17) is 20.3 Å². The zero-order valence-electron chi connectivity index (χ0n) is 15.9. The van der Waals surface area contributed by atoms with Gasteiger partial charge in [-0.3, -0.25) is 0 Å². The largest absolute Gasteiger partial charge is 0.659 e. The van der Waals surface area contributed by atoms with Gasteiger partial charge >= 0.3 is 6.09 Å². The molecule has 8 heteroatoms. The van der Waals surface area contributed by atoms with Crippen molar-refractivity contribution in [2.75, 3.05) is 44.8 Å². The Hall–Kier alpha value is -2.08. The van der Waals surface area contributed by atoms with E-state index < -0.39 is 12.2 Å². The second-order valence-electron chi connectivity index (χ2n) is 5.84. The van der Waals surface area contributed by atoms with Crippen molar-refractivity contribution in [3.05, 3.63) is 65.5 Å². The molecule has 0 saturated carbocycles. The Morgan fingerprint density at radius 1 is 1.14 bits per heavy atom. The van der Waals surface area contributed by atoms with Gasteiger partial charge in [-0.2, -0.15) is 0 Å². The van der Waals surface area contributed by atoms with Gasteiger partial charge < -0.3 is 30.5 Å². The van der Waals surface area contributed by atoms with Crippen LogP contribution in [0.15, 0.2) is 54.6 Å². The van der Waals surface area contributed by atoms with Crippen LogP contribution in [0.1, 0.15) is 11.7 Å². The fourth-order valence-electron chi connectivity index (χ4n) is 2.78. The van der Waals surface area contributed by atoms with Crippen LogP contribution in [0, 0.1) is 0 Å². The van der Waals surface area contributed by atoms with Crippen molar-refractivity contribution in [2.45, 2.75) is 6.10 Å². The van der Waals surface area contributed by atoms with Crippen molar-refractivity contribution in [3.8, 4) is 5.75 Å². The summed E-state index contributed by atoms with van der Waals surface area (Å²) in [7, 11) is 1.50. The fourth-order valence-corrected chi connectivity index (χ4v) is 2.78. The first-order chi connectivity index (χ1) is 13.2. The molecule has 0 aromatic heterocycles. The standard InChI is InChI=1S/C10H13N2.C10H13NO4.W/c1-2-4-10(5-3-1)12-8-6-11-7-9-12;1-14-8-5-3-2-4-7(8)9(6-12)15-10(11)13;/h1-5H,6-9H2;2-5,9,12H,6H2,1H3,(H2,11,13);/q-1;;. The number of amides is 1. The molecule has 1 heterocycles. The summed E-state index contributed by atoms with van der Waals surface area (Å²) < 4.78 is 9.80. The third kappa shape index (κ3) is 7.50. The van der Waals surface area contributed by atoms with Gasteiger partial charge in [-0.25, -0.2) is 4.79 Å². The summed E-state index contributed by atoms with van der Waals surface area (Å²) in [6.07, 6.45) is -1.72. The first-order valence-corrected chi connectivity index (χ1v) is 8.78. The average Bonchev–Trinajstić information content (AvgIpc) is 2.73. The molecule has 0 radical (unpaired) electrons. The minimum Gasteiger partial charge on any atom is -0.659 e. The van der Waals surface area contributed by atoms with Gasteiger partial charge in [-0.15, -0.1) is 13.1 Å². The molecular formula is C20H26N3O4W-. The predicted octanol–water partition coefficient (Wildman–Crippen LogP) is 2.70. The summed E-state index contributed by atoms with van der Waals surface area (Å²) in [5, 5.41) is 13.4. The quantitative estimate of drug-likeness (QED) is 0.591. The van der Waals surface area contributed by atoms with Gasteiger partial charge in [-0.05, 0) is 31.3 Å². The van der Waals surface area contributed by atoms with Gasteiger partial charge in [0.05, 0.1) is 13.7 Å². The Balaban J connectivity index is 0.000000275. The summed E-state index contributed by atoms with van der Waals surface area (Å²) in [5.41, 5.74) is 6.80. The normalized spacial score (nSPS) is 14.0. The Labute approximate surface area is 180 Å². The van der Waals surface area contributed by atoms with Crippen LogP contribution < -0.4 is 15.4 Å². The van der Waals surface area contributed by atoms with Crippen LogP contribution in [0.25, 0.3) is 5.32 Å². The minimum atomic E-state index is -0.931.